The maximum Gasteiger partial charge on any atom is 0.251 e. The van der Waals surface area contributed by atoms with Gasteiger partial charge >= 0.3 is 0 Å². The molecule has 4 heteroatoms. The zero-order valence-corrected chi connectivity index (χ0v) is 10.2. The van der Waals surface area contributed by atoms with Crippen LogP contribution < -0.4 is 5.32 Å². The van der Waals surface area contributed by atoms with Crippen LogP contribution in [0.3, 0.4) is 0 Å². The van der Waals surface area contributed by atoms with Crippen molar-refractivity contribution in [2.45, 2.75) is 32.4 Å². The zero-order chi connectivity index (χ0) is 13.1. The minimum Gasteiger partial charge on any atom is -0.391 e. The fraction of sp³-hybridized carbons (Fsp3) is 0.385. The minimum atomic E-state index is -0.690. The Kier molecular flexibility index (Phi) is 3.87. The fourth-order valence-electron chi connectivity index (χ4n) is 1.17. The predicted molar refractivity (Wildman–Crippen MR) is 64.4 cm³/mol. The van der Waals surface area contributed by atoms with Gasteiger partial charge < -0.3 is 10.4 Å². The maximum atomic E-state index is 11.9. The van der Waals surface area contributed by atoms with Gasteiger partial charge in [0.2, 0.25) is 0 Å². The van der Waals surface area contributed by atoms with E-state index in [0.29, 0.717) is 11.1 Å². The Morgan fingerprint density at radius 3 is 2.35 bits per heavy atom. The van der Waals surface area contributed by atoms with Crippen molar-refractivity contribution in [2.75, 3.05) is 0 Å². The summed E-state index contributed by atoms with van der Waals surface area (Å²) in [6.07, 6.45) is -0.648. The first-order valence-electron chi connectivity index (χ1n) is 5.37. The van der Waals surface area contributed by atoms with E-state index in [1.165, 1.54) is 0 Å². The van der Waals surface area contributed by atoms with Gasteiger partial charge in [-0.1, -0.05) is 0 Å². The molecule has 1 aromatic rings. The summed E-state index contributed by atoms with van der Waals surface area (Å²) < 4.78 is 0. The smallest absolute Gasteiger partial charge is 0.251 e. The van der Waals surface area contributed by atoms with Gasteiger partial charge in [0.15, 0.2) is 0 Å². The molecular weight excluding hydrogens is 216 g/mol. The molecule has 0 aliphatic rings. The van der Waals surface area contributed by atoms with E-state index in [0.717, 1.165) is 0 Å². The highest BCUT2D eigenvalue weighted by atomic mass is 16.3. The summed E-state index contributed by atoms with van der Waals surface area (Å²) in [4.78, 5) is 11.9. The van der Waals surface area contributed by atoms with E-state index in [4.69, 9.17) is 5.26 Å². The molecule has 0 saturated heterocycles. The zero-order valence-electron chi connectivity index (χ0n) is 10.2. The molecule has 17 heavy (non-hydrogen) atoms. The minimum absolute atomic E-state index is 0.264. The number of benzene rings is 1. The first kappa shape index (κ1) is 13.2. The highest BCUT2D eigenvalue weighted by molar-refractivity contribution is 5.94. The average Bonchev–Trinajstić information content (AvgIpc) is 2.28. The molecule has 0 heterocycles. The van der Waals surface area contributed by atoms with Crippen molar-refractivity contribution < 1.29 is 9.90 Å². The number of aliphatic hydroxyl groups is 1. The molecular formula is C13H16N2O2. The van der Waals surface area contributed by atoms with Crippen LogP contribution in [0.15, 0.2) is 24.3 Å². The molecule has 90 valence electrons. The van der Waals surface area contributed by atoms with Crippen molar-refractivity contribution in [3.05, 3.63) is 35.4 Å². The molecule has 1 rings (SSSR count). The first-order valence-corrected chi connectivity index (χ1v) is 5.37. The van der Waals surface area contributed by atoms with E-state index < -0.39 is 11.6 Å². The highest BCUT2D eigenvalue weighted by Crippen LogP contribution is 2.11. The Labute approximate surface area is 101 Å². The third-order valence-corrected chi connectivity index (χ3v) is 2.76. The van der Waals surface area contributed by atoms with Crippen molar-refractivity contribution in [1.82, 2.24) is 5.32 Å². The van der Waals surface area contributed by atoms with Gasteiger partial charge in [0.25, 0.3) is 5.91 Å². The lowest BCUT2D eigenvalue weighted by Crippen LogP contribution is -2.50. The van der Waals surface area contributed by atoms with Crippen LogP contribution in [0.4, 0.5) is 0 Å². The second kappa shape index (κ2) is 4.98. The number of carbonyl (C=O) groups is 1. The second-order valence-corrected chi connectivity index (χ2v) is 4.54. The van der Waals surface area contributed by atoms with Crippen molar-refractivity contribution >= 4 is 5.91 Å². The Hall–Kier alpha value is -1.86. The third-order valence-electron chi connectivity index (χ3n) is 2.76. The van der Waals surface area contributed by atoms with E-state index in [1.807, 2.05) is 6.07 Å². The molecule has 1 unspecified atom stereocenters. The molecule has 4 nitrogen and oxygen atoms in total. The number of rotatable bonds is 3. The van der Waals surface area contributed by atoms with E-state index >= 15 is 0 Å². The normalized spacial score (nSPS) is 12.6. The summed E-state index contributed by atoms with van der Waals surface area (Å²) in [5.41, 5.74) is 0.291. The largest absolute Gasteiger partial charge is 0.391 e. The second-order valence-electron chi connectivity index (χ2n) is 4.54. The SMILES string of the molecule is CC(O)C(C)(C)NC(=O)c1ccc(C#N)cc1. The predicted octanol–water partition coefficient (Wildman–Crippen LogP) is 1.45. The molecule has 0 aliphatic carbocycles. The van der Waals surface area contributed by atoms with E-state index in [-0.39, 0.29) is 5.91 Å². The topological polar surface area (TPSA) is 73.1 Å². The number of nitrogens with one attached hydrogen (secondary N) is 1. The van der Waals surface area contributed by atoms with E-state index in [9.17, 15) is 9.90 Å². The number of hydrogen-bond donors (Lipinski definition) is 2. The Balaban J connectivity index is 2.81. The monoisotopic (exact) mass is 232 g/mol. The molecule has 1 amide bonds. The number of nitriles is 1. The summed E-state index contributed by atoms with van der Waals surface area (Å²) in [6.45, 7) is 5.12. The molecule has 1 aromatic carbocycles. The van der Waals surface area contributed by atoms with Crippen LogP contribution in [-0.2, 0) is 0 Å². The van der Waals surface area contributed by atoms with Gasteiger partial charge in [0.05, 0.1) is 23.3 Å². The van der Waals surface area contributed by atoms with Crippen molar-refractivity contribution in [2.24, 2.45) is 0 Å². The van der Waals surface area contributed by atoms with Crippen LogP contribution in [0.25, 0.3) is 0 Å². The third kappa shape index (κ3) is 3.30. The summed E-state index contributed by atoms with van der Waals surface area (Å²) >= 11 is 0. The summed E-state index contributed by atoms with van der Waals surface area (Å²) in [5, 5.41) is 20.9. The number of hydrogen-bond acceptors (Lipinski definition) is 3. The average molecular weight is 232 g/mol. The lowest BCUT2D eigenvalue weighted by molar-refractivity contribution is 0.0709. The molecule has 0 aliphatic heterocycles. The quantitative estimate of drug-likeness (QED) is 0.828. The number of carbonyl (C=O) groups excluding carboxylic acids is 1. The van der Waals surface area contributed by atoms with Crippen molar-refractivity contribution in [3.63, 3.8) is 0 Å². The molecule has 1 atom stereocenters. The maximum absolute atomic E-state index is 11.9. The van der Waals surface area contributed by atoms with Gasteiger partial charge in [0, 0.05) is 5.56 Å². The van der Waals surface area contributed by atoms with Crippen molar-refractivity contribution in [3.8, 4) is 6.07 Å². The number of aliphatic hydroxyl groups excluding tert-OH is 1. The Morgan fingerprint density at radius 2 is 1.94 bits per heavy atom. The molecule has 2 N–H and O–H groups in total. The Morgan fingerprint density at radius 1 is 1.41 bits per heavy atom. The van der Waals surface area contributed by atoms with Crippen LogP contribution in [0, 0.1) is 11.3 Å². The molecule has 0 aromatic heterocycles. The van der Waals surface area contributed by atoms with Gasteiger partial charge in [0.1, 0.15) is 0 Å². The summed E-state index contributed by atoms with van der Waals surface area (Å²) in [7, 11) is 0. The summed E-state index contributed by atoms with van der Waals surface area (Å²) in [5.74, 6) is -0.264. The van der Waals surface area contributed by atoms with E-state index in [2.05, 4.69) is 5.32 Å². The van der Waals surface area contributed by atoms with Gasteiger partial charge in [-0.2, -0.15) is 5.26 Å². The highest BCUT2D eigenvalue weighted by Gasteiger charge is 2.26. The molecule has 0 fully saturated rings. The van der Waals surface area contributed by atoms with Crippen LogP contribution in [0.2, 0.25) is 0 Å². The van der Waals surface area contributed by atoms with Crippen LogP contribution in [0.1, 0.15) is 36.7 Å². The Bertz CT molecular complexity index is 441. The van der Waals surface area contributed by atoms with Gasteiger partial charge in [-0.25, -0.2) is 0 Å². The van der Waals surface area contributed by atoms with Gasteiger partial charge in [-0.05, 0) is 45.0 Å². The summed E-state index contributed by atoms with van der Waals surface area (Å²) in [6, 6.07) is 8.34. The van der Waals surface area contributed by atoms with Crippen LogP contribution >= 0.6 is 0 Å². The number of nitrogens with zero attached hydrogens (tertiary/aromatic N) is 1. The van der Waals surface area contributed by atoms with E-state index in [1.54, 1.807) is 45.0 Å². The van der Waals surface area contributed by atoms with Gasteiger partial charge in [-0.15, -0.1) is 0 Å². The fourth-order valence-corrected chi connectivity index (χ4v) is 1.17. The standard InChI is InChI=1S/C13H16N2O2/c1-9(16)13(2,3)15-12(17)11-6-4-10(8-14)5-7-11/h4-7,9,16H,1-3H3,(H,15,17). The van der Waals surface area contributed by atoms with Crippen LogP contribution in [-0.4, -0.2) is 22.7 Å². The molecule has 0 radical (unpaired) electrons. The lowest BCUT2D eigenvalue weighted by Gasteiger charge is -2.29. The number of amides is 1. The van der Waals surface area contributed by atoms with Gasteiger partial charge in [-0.3, -0.25) is 4.79 Å². The van der Waals surface area contributed by atoms with Crippen molar-refractivity contribution in [1.29, 1.82) is 5.26 Å². The lowest BCUT2D eigenvalue weighted by atomic mass is 9.98. The molecule has 0 saturated carbocycles. The van der Waals surface area contributed by atoms with Crippen LogP contribution in [0.5, 0.6) is 0 Å². The molecule has 0 spiro atoms. The first-order chi connectivity index (χ1) is 7.86. The molecule has 0 bridgehead atoms.